The number of hydrogen-bond donors (Lipinski definition) is 0. The van der Waals surface area contributed by atoms with E-state index >= 15 is 0 Å². The van der Waals surface area contributed by atoms with Crippen molar-refractivity contribution in [2.45, 2.75) is 20.4 Å². The van der Waals surface area contributed by atoms with Crippen LogP contribution in [0.15, 0.2) is 28.1 Å². The summed E-state index contributed by atoms with van der Waals surface area (Å²) in [5.74, 6) is 1.60. The number of fused-ring (bicyclic) bond motifs is 1. The lowest BCUT2D eigenvalue weighted by Crippen LogP contribution is -2.49. The second-order valence-corrected chi connectivity index (χ2v) is 9.09. The molecule has 4 aromatic heterocycles. The Kier molecular flexibility index (Phi) is 5.81. The first kappa shape index (κ1) is 21.5. The topological polar surface area (TPSA) is 102 Å². The van der Waals surface area contributed by atoms with Crippen LogP contribution in [-0.4, -0.2) is 73.4 Å². The summed E-state index contributed by atoms with van der Waals surface area (Å²) in [6.07, 6.45) is 0. The van der Waals surface area contributed by atoms with Gasteiger partial charge in [0.05, 0.1) is 16.8 Å². The molecule has 1 saturated heterocycles. The number of carbonyl (C=O) groups excluding carboxylic acids is 1. The van der Waals surface area contributed by atoms with Crippen molar-refractivity contribution in [2.75, 3.05) is 32.8 Å². The van der Waals surface area contributed by atoms with Gasteiger partial charge in [0.1, 0.15) is 0 Å². The fraction of sp³-hybridized carbons (Fsp3) is 0.409. The third-order valence-corrected chi connectivity index (χ3v) is 6.58. The highest BCUT2D eigenvalue weighted by Crippen LogP contribution is 2.27. The summed E-state index contributed by atoms with van der Waals surface area (Å²) in [6, 6.07) is 5.92. The van der Waals surface area contributed by atoms with Gasteiger partial charge in [0.15, 0.2) is 12.3 Å². The van der Waals surface area contributed by atoms with E-state index in [1.165, 1.54) is 0 Å². The molecule has 11 heteroatoms. The van der Waals surface area contributed by atoms with Crippen molar-refractivity contribution >= 4 is 28.3 Å². The van der Waals surface area contributed by atoms with Crippen molar-refractivity contribution in [3.05, 3.63) is 40.7 Å². The van der Waals surface area contributed by atoms with Gasteiger partial charge in [0.25, 0.3) is 5.91 Å². The molecule has 1 amide bonds. The van der Waals surface area contributed by atoms with Crippen molar-refractivity contribution < 1.29 is 14.1 Å². The molecule has 0 aliphatic carbocycles. The number of aromatic nitrogens is 5. The van der Waals surface area contributed by atoms with E-state index in [1.54, 1.807) is 16.0 Å². The summed E-state index contributed by atoms with van der Waals surface area (Å²) < 4.78 is 12.9. The molecule has 5 rings (SSSR count). The van der Waals surface area contributed by atoms with Gasteiger partial charge in [-0.3, -0.25) is 9.69 Å². The van der Waals surface area contributed by atoms with Crippen LogP contribution in [0.5, 0.6) is 5.88 Å². The first-order valence-corrected chi connectivity index (χ1v) is 11.7. The number of carbonyl (C=O) groups is 1. The van der Waals surface area contributed by atoms with Gasteiger partial charge in [0, 0.05) is 38.9 Å². The zero-order chi connectivity index (χ0) is 22.9. The second-order valence-electron chi connectivity index (χ2n) is 8.14. The molecule has 0 aromatic carbocycles. The molecule has 172 valence electrons. The van der Waals surface area contributed by atoms with E-state index in [0.29, 0.717) is 37.2 Å². The van der Waals surface area contributed by atoms with Crippen LogP contribution in [0, 0.1) is 13.8 Å². The Morgan fingerprint density at radius 2 is 2.03 bits per heavy atom. The largest absolute Gasteiger partial charge is 0.466 e. The zero-order valence-corrected chi connectivity index (χ0v) is 19.6. The number of aryl methyl sites for hydroxylation is 3. The first-order valence-electron chi connectivity index (χ1n) is 10.8. The molecule has 1 aliphatic heterocycles. The lowest BCUT2D eigenvalue weighted by atomic mass is 10.2. The number of pyridine rings is 1. The van der Waals surface area contributed by atoms with Crippen molar-refractivity contribution in [1.82, 2.24) is 34.7 Å². The van der Waals surface area contributed by atoms with Crippen LogP contribution in [0.25, 0.3) is 21.7 Å². The van der Waals surface area contributed by atoms with Crippen LogP contribution >= 0.6 is 11.3 Å². The summed E-state index contributed by atoms with van der Waals surface area (Å²) in [6.45, 7) is 7.18. The number of thiophene rings is 1. The molecule has 0 atom stereocenters. The van der Waals surface area contributed by atoms with Crippen molar-refractivity contribution in [3.63, 3.8) is 0 Å². The summed E-state index contributed by atoms with van der Waals surface area (Å²) in [4.78, 5) is 26.8. The molecular weight excluding hydrogens is 442 g/mol. The third kappa shape index (κ3) is 4.46. The van der Waals surface area contributed by atoms with Crippen LogP contribution in [0.4, 0.5) is 0 Å². The minimum Gasteiger partial charge on any atom is -0.466 e. The molecule has 0 radical (unpaired) electrons. The summed E-state index contributed by atoms with van der Waals surface area (Å²) in [5, 5.41) is 11.3. The van der Waals surface area contributed by atoms with Crippen LogP contribution in [-0.2, 0) is 18.4 Å². The predicted molar refractivity (Wildman–Crippen MR) is 123 cm³/mol. The van der Waals surface area contributed by atoms with Gasteiger partial charge < -0.3 is 14.2 Å². The summed E-state index contributed by atoms with van der Waals surface area (Å²) in [5.41, 5.74) is 2.71. The summed E-state index contributed by atoms with van der Waals surface area (Å²) in [7, 11) is 1.83. The Bertz CT molecular complexity index is 1270. The minimum absolute atomic E-state index is 0.0484. The Balaban J connectivity index is 1.14. The fourth-order valence-corrected chi connectivity index (χ4v) is 4.69. The number of rotatable bonds is 6. The lowest BCUT2D eigenvalue weighted by molar-refractivity contribution is -0.135. The molecule has 0 spiro atoms. The predicted octanol–water partition coefficient (Wildman–Crippen LogP) is 2.42. The van der Waals surface area contributed by atoms with Crippen LogP contribution in [0.1, 0.15) is 17.1 Å². The maximum Gasteiger partial charge on any atom is 0.260 e. The van der Waals surface area contributed by atoms with Gasteiger partial charge in [-0.25, -0.2) is 9.67 Å². The highest BCUT2D eigenvalue weighted by atomic mass is 32.1. The number of nitrogens with zero attached hydrogens (tertiary/aromatic N) is 7. The van der Waals surface area contributed by atoms with Crippen LogP contribution in [0.3, 0.4) is 0 Å². The van der Waals surface area contributed by atoms with Crippen molar-refractivity contribution in [2.24, 2.45) is 7.05 Å². The highest BCUT2D eigenvalue weighted by Gasteiger charge is 2.24. The molecule has 1 fully saturated rings. The third-order valence-electron chi connectivity index (χ3n) is 5.71. The van der Waals surface area contributed by atoms with Gasteiger partial charge in [-0.05, 0) is 36.9 Å². The Morgan fingerprint density at radius 3 is 2.79 bits per heavy atom. The van der Waals surface area contributed by atoms with Crippen molar-refractivity contribution in [3.8, 4) is 16.6 Å². The monoisotopic (exact) mass is 467 g/mol. The molecule has 0 bridgehead atoms. The molecule has 0 saturated carbocycles. The Labute approximate surface area is 194 Å². The lowest BCUT2D eigenvalue weighted by Gasteiger charge is -2.33. The van der Waals surface area contributed by atoms with Gasteiger partial charge in [-0.1, -0.05) is 11.2 Å². The molecule has 10 nitrogen and oxygen atoms in total. The normalized spacial score (nSPS) is 14.8. The molecule has 0 unspecified atom stereocenters. The molecule has 4 aromatic rings. The Hall–Kier alpha value is -3.31. The second kappa shape index (κ2) is 8.91. The molecule has 0 N–H and O–H groups in total. The smallest absolute Gasteiger partial charge is 0.260 e. The van der Waals surface area contributed by atoms with Crippen molar-refractivity contribution in [1.29, 1.82) is 0 Å². The molecular formula is C22H25N7O3S. The van der Waals surface area contributed by atoms with E-state index in [9.17, 15) is 4.79 Å². The quantitative estimate of drug-likeness (QED) is 0.426. The number of hydrogen-bond acceptors (Lipinski definition) is 9. The van der Waals surface area contributed by atoms with Gasteiger partial charge in [0.2, 0.25) is 17.6 Å². The highest BCUT2D eigenvalue weighted by molar-refractivity contribution is 7.13. The van der Waals surface area contributed by atoms with E-state index in [4.69, 9.17) is 9.26 Å². The average molecular weight is 468 g/mol. The number of amides is 1. The van der Waals surface area contributed by atoms with Crippen LogP contribution < -0.4 is 4.74 Å². The van der Waals surface area contributed by atoms with E-state index in [2.05, 4.69) is 25.1 Å². The zero-order valence-electron chi connectivity index (χ0n) is 18.8. The van der Waals surface area contributed by atoms with Crippen LogP contribution in [0.2, 0.25) is 0 Å². The van der Waals surface area contributed by atoms with E-state index in [1.807, 2.05) is 49.4 Å². The standard InChI is InChI=1S/C22H25N7O3S/c1-14-11-15(2)23-21-19(14)22(25-27(21)3)31-13-18(30)29-8-6-28(7-9-29)12-17-24-20(26-32-17)16-5-4-10-33-16/h4-5,10-11H,6-9,12-13H2,1-3H3. The Morgan fingerprint density at radius 1 is 1.21 bits per heavy atom. The maximum atomic E-state index is 12.7. The number of piperazine rings is 1. The fourth-order valence-electron chi connectivity index (χ4n) is 4.04. The first-order chi connectivity index (χ1) is 16.0. The summed E-state index contributed by atoms with van der Waals surface area (Å²) >= 11 is 1.58. The van der Waals surface area contributed by atoms with Gasteiger partial charge in [-0.2, -0.15) is 4.98 Å². The van der Waals surface area contributed by atoms with Gasteiger partial charge >= 0.3 is 0 Å². The number of ether oxygens (including phenoxy) is 1. The van der Waals surface area contributed by atoms with E-state index in [0.717, 1.165) is 40.3 Å². The van der Waals surface area contributed by atoms with E-state index in [-0.39, 0.29) is 12.5 Å². The minimum atomic E-state index is -0.0519. The van der Waals surface area contributed by atoms with E-state index < -0.39 is 0 Å². The maximum absolute atomic E-state index is 12.7. The molecule has 5 heterocycles. The average Bonchev–Trinajstić information content (AvgIpc) is 3.54. The van der Waals surface area contributed by atoms with Gasteiger partial charge in [-0.15, -0.1) is 16.4 Å². The molecule has 1 aliphatic rings. The molecule has 33 heavy (non-hydrogen) atoms. The SMILES string of the molecule is Cc1cc(C)c2c(OCC(=O)N3CCN(Cc4nc(-c5cccs5)no4)CC3)nn(C)c2n1.